The molecule has 1 N–H and O–H groups in total. The Morgan fingerprint density at radius 1 is 1.16 bits per heavy atom. The molecule has 1 aliphatic rings. The number of carboxylic acids is 1. The normalized spacial score (nSPS) is 15.8. The van der Waals surface area contributed by atoms with E-state index >= 15 is 0 Å². The van der Waals surface area contributed by atoms with E-state index in [4.69, 9.17) is 9.94 Å². The number of rotatable bonds is 4. The SMILES string of the molecule is CC(C)[C@H](ON1C(=O)c2ccccc2C1=O)C(=O)O. The fraction of sp³-hybridized carbons (Fsp3) is 0.308. The lowest BCUT2D eigenvalue weighted by molar-refractivity contribution is -0.181. The minimum Gasteiger partial charge on any atom is -0.479 e. The van der Waals surface area contributed by atoms with Crippen molar-refractivity contribution in [3.8, 4) is 0 Å². The van der Waals surface area contributed by atoms with Crippen LogP contribution in [-0.4, -0.2) is 34.1 Å². The average molecular weight is 263 g/mol. The summed E-state index contributed by atoms with van der Waals surface area (Å²) in [6.07, 6.45) is -1.25. The van der Waals surface area contributed by atoms with E-state index in [0.29, 0.717) is 5.06 Å². The molecule has 2 rings (SSSR count). The molecule has 1 aromatic rings. The molecule has 1 aliphatic heterocycles. The Bertz CT molecular complexity index is 517. The number of carboxylic acid groups (broad SMARTS) is 1. The first-order valence-electron chi connectivity index (χ1n) is 5.81. The predicted molar refractivity (Wildman–Crippen MR) is 64.3 cm³/mol. The van der Waals surface area contributed by atoms with Crippen molar-refractivity contribution in [2.75, 3.05) is 0 Å². The van der Waals surface area contributed by atoms with Crippen LogP contribution < -0.4 is 0 Å². The molecule has 6 heteroatoms. The quantitative estimate of drug-likeness (QED) is 0.828. The molecule has 0 saturated carbocycles. The molecule has 19 heavy (non-hydrogen) atoms. The van der Waals surface area contributed by atoms with Crippen molar-refractivity contribution < 1.29 is 24.3 Å². The summed E-state index contributed by atoms with van der Waals surface area (Å²) in [5.41, 5.74) is 0.445. The van der Waals surface area contributed by atoms with Crippen LogP contribution >= 0.6 is 0 Å². The molecule has 0 aliphatic carbocycles. The maximum absolute atomic E-state index is 12.0. The summed E-state index contributed by atoms with van der Waals surface area (Å²) in [5.74, 6) is -2.85. The van der Waals surface area contributed by atoms with Crippen LogP contribution in [0, 0.1) is 5.92 Å². The van der Waals surface area contributed by atoms with E-state index in [0.717, 1.165) is 0 Å². The fourth-order valence-electron chi connectivity index (χ4n) is 1.83. The highest BCUT2D eigenvalue weighted by atomic mass is 16.7. The minimum absolute atomic E-state index is 0.223. The molecule has 0 aromatic heterocycles. The second kappa shape index (κ2) is 4.81. The highest BCUT2D eigenvalue weighted by Crippen LogP contribution is 2.24. The summed E-state index contributed by atoms with van der Waals surface area (Å²) in [7, 11) is 0. The van der Waals surface area contributed by atoms with Crippen molar-refractivity contribution in [3.05, 3.63) is 35.4 Å². The van der Waals surface area contributed by atoms with Gasteiger partial charge in [-0.1, -0.05) is 26.0 Å². The number of benzene rings is 1. The molecule has 0 fully saturated rings. The summed E-state index contributed by atoms with van der Waals surface area (Å²) in [6.45, 7) is 3.27. The van der Waals surface area contributed by atoms with Crippen LogP contribution in [0.4, 0.5) is 0 Å². The van der Waals surface area contributed by atoms with Crippen molar-refractivity contribution in [1.82, 2.24) is 5.06 Å². The van der Waals surface area contributed by atoms with Crippen LogP contribution in [-0.2, 0) is 9.63 Å². The van der Waals surface area contributed by atoms with Crippen molar-refractivity contribution >= 4 is 17.8 Å². The smallest absolute Gasteiger partial charge is 0.335 e. The molecule has 1 heterocycles. The average Bonchev–Trinajstić information content (AvgIpc) is 2.59. The number of carbonyl (C=O) groups is 3. The standard InChI is InChI=1S/C13H13NO5/c1-7(2)10(13(17)18)19-14-11(15)8-5-3-4-6-9(8)12(14)16/h3-7,10H,1-2H3,(H,17,18)/t10-/m0/s1. The lowest BCUT2D eigenvalue weighted by Gasteiger charge is -2.21. The molecular weight excluding hydrogens is 250 g/mol. The Morgan fingerprint density at radius 3 is 2.00 bits per heavy atom. The van der Waals surface area contributed by atoms with E-state index in [2.05, 4.69) is 0 Å². The van der Waals surface area contributed by atoms with Gasteiger partial charge in [-0.25, -0.2) is 9.63 Å². The fourth-order valence-corrected chi connectivity index (χ4v) is 1.83. The number of hydrogen-bond donors (Lipinski definition) is 1. The summed E-state index contributed by atoms with van der Waals surface area (Å²) in [4.78, 5) is 40.1. The van der Waals surface area contributed by atoms with Crippen LogP contribution in [0.2, 0.25) is 0 Å². The Hall–Kier alpha value is -2.21. The lowest BCUT2D eigenvalue weighted by atomic mass is 10.1. The molecular formula is C13H13NO5. The van der Waals surface area contributed by atoms with Gasteiger partial charge in [0.15, 0.2) is 6.10 Å². The Labute approximate surface area is 109 Å². The molecule has 100 valence electrons. The first-order chi connectivity index (χ1) is 8.93. The van der Waals surface area contributed by atoms with Crippen molar-refractivity contribution in [1.29, 1.82) is 0 Å². The van der Waals surface area contributed by atoms with Crippen LogP contribution in [0.15, 0.2) is 24.3 Å². The van der Waals surface area contributed by atoms with Gasteiger partial charge >= 0.3 is 5.97 Å². The second-order valence-electron chi connectivity index (χ2n) is 4.56. The number of aliphatic carboxylic acids is 1. The molecule has 1 atom stereocenters. The van der Waals surface area contributed by atoms with Gasteiger partial charge in [0.1, 0.15) is 0 Å². The summed E-state index contributed by atoms with van der Waals surface area (Å²) in [5, 5.41) is 9.55. The lowest BCUT2D eigenvalue weighted by Crippen LogP contribution is -2.40. The zero-order chi connectivity index (χ0) is 14.2. The number of carbonyl (C=O) groups excluding carboxylic acids is 2. The minimum atomic E-state index is -1.25. The Morgan fingerprint density at radius 2 is 1.63 bits per heavy atom. The first kappa shape index (κ1) is 13.2. The maximum Gasteiger partial charge on any atom is 0.335 e. The number of amides is 2. The molecule has 0 saturated heterocycles. The first-order valence-corrected chi connectivity index (χ1v) is 5.81. The van der Waals surface area contributed by atoms with Gasteiger partial charge in [-0.2, -0.15) is 0 Å². The van der Waals surface area contributed by atoms with Crippen LogP contribution in [0.1, 0.15) is 34.6 Å². The highest BCUT2D eigenvalue weighted by molar-refractivity contribution is 6.20. The van der Waals surface area contributed by atoms with E-state index < -0.39 is 23.9 Å². The predicted octanol–water partition coefficient (Wildman–Crippen LogP) is 1.32. The third-order valence-electron chi connectivity index (χ3n) is 2.82. The van der Waals surface area contributed by atoms with Gasteiger partial charge in [0.25, 0.3) is 11.8 Å². The number of nitrogens with zero attached hydrogens (tertiary/aromatic N) is 1. The number of imide groups is 1. The van der Waals surface area contributed by atoms with Crippen LogP contribution in [0.25, 0.3) is 0 Å². The van der Waals surface area contributed by atoms with Gasteiger partial charge in [-0.15, -0.1) is 5.06 Å². The van der Waals surface area contributed by atoms with E-state index in [1.54, 1.807) is 26.0 Å². The monoisotopic (exact) mass is 263 g/mol. The zero-order valence-electron chi connectivity index (χ0n) is 10.5. The van der Waals surface area contributed by atoms with E-state index in [1.807, 2.05) is 0 Å². The van der Waals surface area contributed by atoms with Gasteiger partial charge in [0, 0.05) is 0 Å². The number of hydrogen-bond acceptors (Lipinski definition) is 4. The van der Waals surface area contributed by atoms with Gasteiger partial charge in [0.2, 0.25) is 0 Å². The molecule has 0 unspecified atom stereocenters. The van der Waals surface area contributed by atoms with Crippen molar-refractivity contribution in [2.24, 2.45) is 5.92 Å². The van der Waals surface area contributed by atoms with Gasteiger partial charge < -0.3 is 5.11 Å². The van der Waals surface area contributed by atoms with E-state index in [-0.39, 0.29) is 17.0 Å². The molecule has 2 amide bonds. The maximum atomic E-state index is 12.0. The third-order valence-corrected chi connectivity index (χ3v) is 2.82. The van der Waals surface area contributed by atoms with Crippen molar-refractivity contribution in [2.45, 2.75) is 20.0 Å². The molecule has 0 spiro atoms. The van der Waals surface area contributed by atoms with E-state index in [1.165, 1.54) is 12.1 Å². The van der Waals surface area contributed by atoms with Gasteiger partial charge in [-0.3, -0.25) is 9.59 Å². The Kier molecular flexibility index (Phi) is 3.35. The third kappa shape index (κ3) is 2.22. The van der Waals surface area contributed by atoms with Crippen molar-refractivity contribution in [3.63, 3.8) is 0 Å². The van der Waals surface area contributed by atoms with Gasteiger partial charge in [0.05, 0.1) is 11.1 Å². The zero-order valence-corrected chi connectivity index (χ0v) is 10.5. The number of fused-ring (bicyclic) bond motifs is 1. The molecule has 6 nitrogen and oxygen atoms in total. The van der Waals surface area contributed by atoms with E-state index in [9.17, 15) is 14.4 Å². The largest absolute Gasteiger partial charge is 0.479 e. The molecule has 0 bridgehead atoms. The highest BCUT2D eigenvalue weighted by Gasteiger charge is 2.40. The molecule has 0 radical (unpaired) electrons. The van der Waals surface area contributed by atoms with Crippen LogP contribution in [0.3, 0.4) is 0 Å². The summed E-state index contributed by atoms with van der Waals surface area (Å²) in [6, 6.07) is 6.27. The molecule has 1 aromatic carbocycles. The van der Waals surface area contributed by atoms with Crippen LogP contribution in [0.5, 0.6) is 0 Å². The summed E-state index contributed by atoms with van der Waals surface area (Å²) < 4.78 is 0. The Balaban J connectivity index is 2.27. The summed E-state index contributed by atoms with van der Waals surface area (Å²) >= 11 is 0. The topological polar surface area (TPSA) is 83.9 Å². The second-order valence-corrected chi connectivity index (χ2v) is 4.56. The van der Waals surface area contributed by atoms with Gasteiger partial charge in [-0.05, 0) is 18.1 Å². The number of hydroxylamine groups is 2.